The maximum atomic E-state index is 14.7. The second-order valence-corrected chi connectivity index (χ2v) is 21.8. The second kappa shape index (κ2) is 17.2. The number of fused-ring (bicyclic) bond motifs is 4. The molecule has 12 rings (SSSR count). The topological polar surface area (TPSA) is 206 Å². The molecule has 1 aliphatic carbocycles. The van der Waals surface area contributed by atoms with E-state index < -0.39 is 43.6 Å². The van der Waals surface area contributed by atoms with E-state index in [9.17, 15) is 23.3 Å². The van der Waals surface area contributed by atoms with Gasteiger partial charge in [0.05, 0.1) is 59.1 Å². The van der Waals surface area contributed by atoms with Crippen LogP contribution in [0.15, 0.2) is 77.8 Å². The molecule has 7 aliphatic rings. The molecule has 8 heterocycles. The molecule has 0 bridgehead atoms. The fourth-order valence-corrected chi connectivity index (χ4v) is 13.1. The summed E-state index contributed by atoms with van der Waals surface area (Å²) < 4.78 is 55.2. The van der Waals surface area contributed by atoms with Gasteiger partial charge in [-0.1, -0.05) is 24.3 Å². The molecule has 6 aliphatic heterocycles. The Morgan fingerprint density at radius 2 is 1.81 bits per heavy atom. The first kappa shape index (κ1) is 44.2. The molecule has 18 nitrogen and oxygen atoms in total. The number of ether oxygens (including phenoxy) is 4. The maximum absolute atomic E-state index is 14.7. The molecule has 19 heteroatoms. The number of H-pyrrole nitrogens is 1. The second-order valence-electron chi connectivity index (χ2n) is 20.1. The van der Waals surface area contributed by atoms with E-state index in [2.05, 4.69) is 61.3 Å². The number of morpholine rings is 1. The number of carbonyl (C=O) groups is 1. The van der Waals surface area contributed by atoms with E-state index in [1.165, 1.54) is 42.9 Å². The van der Waals surface area contributed by atoms with Crippen molar-refractivity contribution in [3.05, 3.63) is 99.7 Å². The number of amides is 1. The van der Waals surface area contributed by atoms with Crippen LogP contribution in [0.2, 0.25) is 0 Å². The zero-order chi connectivity index (χ0) is 47.2. The van der Waals surface area contributed by atoms with Crippen molar-refractivity contribution in [3.63, 3.8) is 0 Å². The molecule has 1 spiro atoms. The van der Waals surface area contributed by atoms with Crippen LogP contribution in [0.1, 0.15) is 73.0 Å². The number of sulfonamides is 1. The predicted octanol–water partition coefficient (Wildman–Crippen LogP) is 6.33. The molecule has 1 amide bonds. The van der Waals surface area contributed by atoms with Crippen LogP contribution in [0.25, 0.3) is 11.0 Å². The van der Waals surface area contributed by atoms with Crippen molar-refractivity contribution in [2.45, 2.75) is 99.7 Å². The number of carbonyl (C=O) groups excluding carboxylic acids is 1. The molecular weight excluding hydrogens is 903 g/mol. The van der Waals surface area contributed by atoms with Gasteiger partial charge in [-0.3, -0.25) is 19.8 Å². The van der Waals surface area contributed by atoms with Gasteiger partial charge in [-0.25, -0.2) is 13.1 Å². The fourth-order valence-electron chi connectivity index (χ4n) is 12.1. The number of aromatic nitrogens is 2. The first-order chi connectivity index (χ1) is 33.4. The van der Waals surface area contributed by atoms with Crippen molar-refractivity contribution in [2.75, 3.05) is 67.7 Å². The van der Waals surface area contributed by atoms with E-state index in [4.69, 9.17) is 23.9 Å². The summed E-state index contributed by atoms with van der Waals surface area (Å²) in [5, 5.41) is 19.8. The number of nitro benzene ring substituents is 1. The lowest BCUT2D eigenvalue weighted by molar-refractivity contribution is -0.384. The number of nitrogens with one attached hydrogen (secondary N) is 4. The monoisotopic (exact) mass is 959 g/mol. The summed E-state index contributed by atoms with van der Waals surface area (Å²) in [4.78, 5) is 41.2. The van der Waals surface area contributed by atoms with E-state index in [0.717, 1.165) is 49.6 Å². The highest BCUT2D eigenvalue weighted by molar-refractivity contribution is 7.90. The SMILES string of the molecule is Cc1ccccc1[C@@H]1CCCN1C1CC2(CCN(c3ccc(C(=O)NS(=O)(=O)c4cc5c(c([N+](=O)[O-])c4)N[C@@H]([C@H]4CN[C@H](C)CO4)CO5)c(N4c5cc6cc[nH]c6nc5O[C@H]5COC[C@@H]54)c3)CC2)C1. The van der Waals surface area contributed by atoms with Crippen molar-refractivity contribution in [1.29, 1.82) is 0 Å². The molecule has 4 N–H and O–H groups in total. The van der Waals surface area contributed by atoms with Gasteiger partial charge in [0.15, 0.2) is 11.4 Å². The van der Waals surface area contributed by atoms with Crippen LogP contribution in [0, 0.1) is 22.5 Å². The van der Waals surface area contributed by atoms with Crippen molar-refractivity contribution >= 4 is 55.4 Å². The summed E-state index contributed by atoms with van der Waals surface area (Å²) in [5.74, 6) is -0.559. The number of piperidine rings is 1. The number of pyridine rings is 1. The van der Waals surface area contributed by atoms with Gasteiger partial charge >= 0.3 is 0 Å². The minimum Gasteiger partial charge on any atom is -0.489 e. The maximum Gasteiger partial charge on any atom is 0.297 e. The summed E-state index contributed by atoms with van der Waals surface area (Å²) in [7, 11) is -4.70. The van der Waals surface area contributed by atoms with Crippen LogP contribution in [0.3, 0.4) is 0 Å². The minimum absolute atomic E-state index is 0.0144. The summed E-state index contributed by atoms with van der Waals surface area (Å²) in [6.45, 7) is 8.71. The number of benzene rings is 3. The van der Waals surface area contributed by atoms with Gasteiger partial charge in [-0.2, -0.15) is 4.98 Å². The van der Waals surface area contributed by atoms with Gasteiger partial charge in [-0.05, 0) is 106 Å². The zero-order valence-corrected chi connectivity index (χ0v) is 39.5. The molecule has 0 radical (unpaired) electrons. The number of aryl methyl sites for hydroxylation is 1. The Morgan fingerprint density at radius 1 is 0.971 bits per heavy atom. The quantitative estimate of drug-likeness (QED) is 0.0941. The Balaban J connectivity index is 0.833. The lowest BCUT2D eigenvalue weighted by atomic mass is 9.59. The zero-order valence-electron chi connectivity index (χ0n) is 38.7. The Kier molecular flexibility index (Phi) is 11.0. The van der Waals surface area contributed by atoms with Crippen molar-refractivity contribution in [1.82, 2.24) is 24.9 Å². The Bertz CT molecular complexity index is 2940. The third-order valence-electron chi connectivity index (χ3n) is 15.9. The van der Waals surface area contributed by atoms with Crippen LogP contribution < -0.4 is 34.6 Å². The molecular formula is C50H57N9O9S. The highest BCUT2D eigenvalue weighted by Crippen LogP contribution is 2.55. The molecule has 2 aromatic heterocycles. The predicted molar refractivity (Wildman–Crippen MR) is 258 cm³/mol. The fraction of sp³-hybridized carbons (Fsp3) is 0.480. The number of anilines is 4. The van der Waals surface area contributed by atoms with Crippen LogP contribution in [-0.2, 0) is 19.5 Å². The van der Waals surface area contributed by atoms with Crippen LogP contribution in [0.4, 0.5) is 28.4 Å². The molecule has 3 aromatic carbocycles. The number of hydrogen-bond acceptors (Lipinski definition) is 15. The third kappa shape index (κ3) is 7.91. The molecule has 1 saturated carbocycles. The van der Waals surface area contributed by atoms with E-state index in [0.29, 0.717) is 61.4 Å². The van der Waals surface area contributed by atoms with Crippen molar-refractivity contribution in [2.24, 2.45) is 5.41 Å². The van der Waals surface area contributed by atoms with Gasteiger partial charge in [-0.15, -0.1) is 0 Å². The first-order valence-corrected chi connectivity index (χ1v) is 25.7. The van der Waals surface area contributed by atoms with Crippen molar-refractivity contribution < 1.29 is 37.1 Å². The average molecular weight is 960 g/mol. The van der Waals surface area contributed by atoms with E-state index >= 15 is 0 Å². The Hall–Kier alpha value is -5.99. The molecule has 5 fully saturated rings. The molecule has 6 atom stereocenters. The molecule has 0 unspecified atom stereocenters. The Labute approximate surface area is 400 Å². The van der Waals surface area contributed by atoms with Gasteiger partial charge in [0, 0.05) is 67.2 Å². The largest absolute Gasteiger partial charge is 0.489 e. The number of aromatic amines is 1. The number of nitrogens with zero attached hydrogens (tertiary/aromatic N) is 5. The van der Waals surface area contributed by atoms with Gasteiger partial charge < -0.3 is 44.4 Å². The number of rotatable bonds is 9. The smallest absolute Gasteiger partial charge is 0.297 e. The normalized spacial score (nSPS) is 26.6. The standard InChI is InChI=1S/C50H57N9O9S/c1-29-6-3-4-7-35(29)38-8-5-15-57(38)33-22-50(23-33)12-16-56(17-13-50)32-9-10-36(39(19-32)58-41-18-31-11-14-51-47(31)54-49(41)68-45-28-65-27-42(45)58)48(60)55-69(63,64)34-20-40(59(61)62)46-43(21-34)67-26-37(53-46)44-24-52-30(2)25-66-44/h3-4,6-7,9-11,14,18-21,30,33,37-38,42,44-45,52-53H,5,8,12-13,15-17,22-28H2,1-2H3,(H,51,54)(H,55,60)/t30-,37-,38+,42+,44-,45+/m1/s1. The number of nitro groups is 1. The minimum atomic E-state index is -4.70. The molecule has 69 heavy (non-hydrogen) atoms. The summed E-state index contributed by atoms with van der Waals surface area (Å²) in [6, 6.07) is 20.8. The van der Waals surface area contributed by atoms with Gasteiger partial charge in [0.2, 0.25) is 5.88 Å². The summed E-state index contributed by atoms with van der Waals surface area (Å²) in [6.07, 6.45) is 7.97. The van der Waals surface area contributed by atoms with E-state index in [-0.39, 0.29) is 47.2 Å². The summed E-state index contributed by atoms with van der Waals surface area (Å²) >= 11 is 0. The van der Waals surface area contributed by atoms with E-state index in [1.807, 2.05) is 36.1 Å². The molecule has 4 saturated heterocycles. The van der Waals surface area contributed by atoms with Crippen molar-refractivity contribution in [3.8, 4) is 11.6 Å². The number of likely N-dealkylation sites (tertiary alicyclic amines) is 1. The van der Waals surface area contributed by atoms with Crippen LogP contribution in [-0.4, -0.2) is 123 Å². The molecule has 5 aromatic rings. The highest BCUT2D eigenvalue weighted by atomic mass is 32.2. The first-order valence-electron chi connectivity index (χ1n) is 24.3. The molecule has 362 valence electrons. The van der Waals surface area contributed by atoms with Crippen LogP contribution in [0.5, 0.6) is 11.6 Å². The third-order valence-corrected chi connectivity index (χ3v) is 17.2. The average Bonchev–Trinajstić information content (AvgIpc) is 4.13. The number of hydrogen-bond donors (Lipinski definition) is 4. The highest BCUT2D eigenvalue weighted by Gasteiger charge is 2.50. The van der Waals surface area contributed by atoms with Crippen LogP contribution >= 0.6 is 0 Å². The van der Waals surface area contributed by atoms with Gasteiger partial charge in [0.25, 0.3) is 21.6 Å². The lowest BCUT2D eigenvalue weighted by Crippen LogP contribution is -2.55. The lowest BCUT2D eigenvalue weighted by Gasteiger charge is -2.56. The summed E-state index contributed by atoms with van der Waals surface area (Å²) in [5.41, 5.74) is 5.38. The Morgan fingerprint density at radius 3 is 2.61 bits per heavy atom. The van der Waals surface area contributed by atoms with E-state index in [1.54, 1.807) is 12.3 Å². The van der Waals surface area contributed by atoms with Gasteiger partial charge in [0.1, 0.15) is 24.0 Å².